The van der Waals surface area contributed by atoms with E-state index in [4.69, 9.17) is 15.5 Å². The number of guanidine groups is 1. The number of benzene rings is 1. The second kappa shape index (κ2) is 10.2. The molecule has 1 aromatic carbocycles. The number of hydrogen-bond acceptors (Lipinski definition) is 2. The predicted octanol–water partition coefficient (Wildman–Crippen LogP) is 5.88. The Morgan fingerprint density at radius 1 is 1.19 bits per heavy atom. The molecule has 1 unspecified atom stereocenters. The minimum atomic E-state index is 0.181. The summed E-state index contributed by atoms with van der Waals surface area (Å²) < 4.78 is 5.70. The predicted molar refractivity (Wildman–Crippen MR) is 134 cm³/mol. The smallest absolute Gasteiger partial charge is 0.191 e. The molecule has 0 amide bonds. The fourth-order valence-corrected chi connectivity index (χ4v) is 6.12. The van der Waals surface area contributed by atoms with Crippen LogP contribution in [0, 0.1) is 17.3 Å². The molecule has 4 heteroatoms. The number of ether oxygens (including phenoxy) is 1. The highest BCUT2D eigenvalue weighted by Crippen LogP contribution is 2.56. The number of aliphatic imine (C=N–C) groups is 1. The largest absolute Gasteiger partial charge is 0.381 e. The van der Waals surface area contributed by atoms with Crippen molar-refractivity contribution in [2.45, 2.75) is 96.6 Å². The average Bonchev–Trinajstić information content (AvgIpc) is 3.60. The van der Waals surface area contributed by atoms with Crippen molar-refractivity contribution in [2.75, 3.05) is 20.7 Å². The summed E-state index contributed by atoms with van der Waals surface area (Å²) in [5.74, 6) is 2.36. The Kier molecular flexibility index (Phi) is 7.49. The highest BCUT2D eigenvalue weighted by Gasteiger charge is 2.48. The van der Waals surface area contributed by atoms with Gasteiger partial charge in [0.25, 0.3) is 0 Å². The summed E-state index contributed by atoms with van der Waals surface area (Å²) in [6, 6.07) is 7.45. The number of fused-ring (bicyclic) bond motifs is 1. The van der Waals surface area contributed by atoms with Gasteiger partial charge in [-0.15, -0.1) is 0 Å². The summed E-state index contributed by atoms with van der Waals surface area (Å²) in [5.41, 5.74) is 11.3. The van der Waals surface area contributed by atoms with Gasteiger partial charge in [-0.1, -0.05) is 57.7 Å². The first-order chi connectivity index (χ1) is 15.5. The zero-order chi connectivity index (χ0) is 22.7. The molecule has 1 spiro atoms. The molecule has 2 N–H and O–H groups in total. The van der Waals surface area contributed by atoms with Crippen LogP contribution in [0.4, 0.5) is 0 Å². The van der Waals surface area contributed by atoms with Crippen molar-refractivity contribution in [1.82, 2.24) is 4.90 Å². The van der Waals surface area contributed by atoms with E-state index in [1.54, 1.807) is 0 Å². The lowest BCUT2D eigenvalue weighted by molar-refractivity contribution is 0.0209. The lowest BCUT2D eigenvalue weighted by atomic mass is 9.68. The maximum absolute atomic E-state index is 6.65. The summed E-state index contributed by atoms with van der Waals surface area (Å²) >= 11 is 0. The van der Waals surface area contributed by atoms with Crippen molar-refractivity contribution in [3.63, 3.8) is 0 Å². The van der Waals surface area contributed by atoms with Gasteiger partial charge in [0.1, 0.15) is 0 Å². The van der Waals surface area contributed by atoms with Gasteiger partial charge in [0.2, 0.25) is 0 Å². The third-order valence-electron chi connectivity index (χ3n) is 8.77. The molecular weight excluding hydrogens is 394 g/mol. The Labute approximate surface area is 196 Å². The Balaban J connectivity index is 1.59. The van der Waals surface area contributed by atoms with Gasteiger partial charge in [0.15, 0.2) is 5.96 Å². The van der Waals surface area contributed by atoms with Crippen LogP contribution >= 0.6 is 0 Å². The molecule has 3 aliphatic rings. The highest BCUT2D eigenvalue weighted by molar-refractivity contribution is 5.78. The first kappa shape index (κ1) is 23.6. The van der Waals surface area contributed by atoms with E-state index in [0.29, 0.717) is 18.0 Å². The van der Waals surface area contributed by atoms with Crippen LogP contribution in [0.2, 0.25) is 0 Å². The van der Waals surface area contributed by atoms with E-state index in [-0.39, 0.29) is 11.5 Å². The number of nitrogens with zero attached hydrogens (tertiary/aromatic N) is 2. The molecule has 0 aromatic heterocycles. The van der Waals surface area contributed by atoms with Gasteiger partial charge >= 0.3 is 0 Å². The average molecular weight is 440 g/mol. The molecule has 178 valence electrons. The minimum absolute atomic E-state index is 0.181. The molecular formula is C28H45N3O. The summed E-state index contributed by atoms with van der Waals surface area (Å²) in [7, 11) is 3.98. The molecule has 32 heavy (non-hydrogen) atoms. The molecule has 0 saturated heterocycles. The van der Waals surface area contributed by atoms with Crippen LogP contribution in [0.1, 0.15) is 94.4 Å². The summed E-state index contributed by atoms with van der Waals surface area (Å²) in [5, 5.41) is 0. The van der Waals surface area contributed by atoms with Gasteiger partial charge in [0.05, 0.1) is 12.1 Å². The normalized spacial score (nSPS) is 27.8. The fourth-order valence-electron chi connectivity index (χ4n) is 6.12. The molecule has 4 rings (SSSR count). The van der Waals surface area contributed by atoms with Crippen LogP contribution < -0.4 is 5.73 Å². The monoisotopic (exact) mass is 439 g/mol. The lowest BCUT2D eigenvalue weighted by Crippen LogP contribution is -2.39. The van der Waals surface area contributed by atoms with Crippen LogP contribution in [-0.4, -0.2) is 37.7 Å². The van der Waals surface area contributed by atoms with Gasteiger partial charge in [-0.25, -0.2) is 4.99 Å². The standard InChI is InChI=1S/C28H45N3O/c1-5-20(6-2)19-31(3)27(29)30-26-25-17-22(10-9-21-7-8-21)11-12-23(25)18-28(26)15-13-24(32-4)14-16-28/h11-12,17,20-21,24,26H,5-10,13-16,18-19H2,1-4H3,(H2,29,30). The Morgan fingerprint density at radius 2 is 1.91 bits per heavy atom. The molecule has 0 radical (unpaired) electrons. The zero-order valence-electron chi connectivity index (χ0n) is 20.9. The first-order valence-electron chi connectivity index (χ1n) is 13.2. The van der Waals surface area contributed by atoms with Crippen LogP contribution in [0.3, 0.4) is 0 Å². The molecule has 2 fully saturated rings. The summed E-state index contributed by atoms with van der Waals surface area (Å²) in [6.45, 7) is 5.53. The quantitative estimate of drug-likeness (QED) is 0.386. The third kappa shape index (κ3) is 5.16. The van der Waals surface area contributed by atoms with E-state index in [1.807, 2.05) is 7.11 Å². The fraction of sp³-hybridized carbons (Fsp3) is 0.750. The van der Waals surface area contributed by atoms with Crippen LogP contribution in [0.25, 0.3) is 0 Å². The molecule has 0 heterocycles. The molecule has 4 nitrogen and oxygen atoms in total. The van der Waals surface area contributed by atoms with Crippen molar-refractivity contribution in [1.29, 1.82) is 0 Å². The molecule has 0 aliphatic heterocycles. The van der Waals surface area contributed by atoms with E-state index in [9.17, 15) is 0 Å². The number of nitrogens with two attached hydrogens (primary N) is 1. The van der Waals surface area contributed by atoms with E-state index in [2.05, 4.69) is 44.0 Å². The zero-order valence-corrected chi connectivity index (χ0v) is 20.9. The number of methoxy groups -OCH3 is 1. The lowest BCUT2D eigenvalue weighted by Gasteiger charge is -2.40. The Morgan fingerprint density at radius 3 is 2.53 bits per heavy atom. The van der Waals surface area contributed by atoms with E-state index in [0.717, 1.165) is 31.7 Å². The number of hydrogen-bond donors (Lipinski definition) is 1. The van der Waals surface area contributed by atoms with Crippen molar-refractivity contribution < 1.29 is 4.74 Å². The van der Waals surface area contributed by atoms with Crippen LogP contribution in [-0.2, 0) is 17.6 Å². The van der Waals surface area contributed by atoms with E-state index >= 15 is 0 Å². The Hall–Kier alpha value is -1.55. The topological polar surface area (TPSA) is 50.8 Å². The molecule has 1 aromatic rings. The number of aryl methyl sites for hydroxylation is 1. The molecule has 0 bridgehead atoms. The van der Waals surface area contributed by atoms with Crippen molar-refractivity contribution in [2.24, 2.45) is 28.0 Å². The van der Waals surface area contributed by atoms with Crippen molar-refractivity contribution in [3.05, 3.63) is 34.9 Å². The second-order valence-corrected chi connectivity index (χ2v) is 10.9. The van der Waals surface area contributed by atoms with Crippen LogP contribution in [0.15, 0.2) is 23.2 Å². The molecule has 3 aliphatic carbocycles. The minimum Gasteiger partial charge on any atom is -0.381 e. The highest BCUT2D eigenvalue weighted by atomic mass is 16.5. The molecule has 1 atom stereocenters. The first-order valence-corrected chi connectivity index (χ1v) is 13.2. The third-order valence-corrected chi connectivity index (χ3v) is 8.77. The number of rotatable bonds is 9. The van der Waals surface area contributed by atoms with E-state index < -0.39 is 0 Å². The maximum atomic E-state index is 6.65. The van der Waals surface area contributed by atoms with Crippen LogP contribution in [0.5, 0.6) is 0 Å². The van der Waals surface area contributed by atoms with Crippen molar-refractivity contribution >= 4 is 5.96 Å². The molecule has 2 saturated carbocycles. The van der Waals surface area contributed by atoms with Gasteiger partial charge in [-0.05, 0) is 73.5 Å². The van der Waals surface area contributed by atoms with Gasteiger partial charge in [-0.3, -0.25) is 0 Å². The van der Waals surface area contributed by atoms with E-state index in [1.165, 1.54) is 68.1 Å². The van der Waals surface area contributed by atoms with Crippen molar-refractivity contribution in [3.8, 4) is 0 Å². The van der Waals surface area contributed by atoms with Gasteiger partial charge in [0, 0.05) is 26.1 Å². The Bertz CT molecular complexity index is 788. The van der Waals surface area contributed by atoms with Gasteiger partial charge < -0.3 is 15.4 Å². The SMILES string of the molecule is CCC(CC)CN(C)/C(N)=N\C1c2cc(CCC3CC3)ccc2CC12CCC(OC)CC2. The second-order valence-electron chi connectivity index (χ2n) is 10.9. The summed E-state index contributed by atoms with van der Waals surface area (Å²) in [6.07, 6.45) is 13.9. The van der Waals surface area contributed by atoms with Gasteiger partial charge in [-0.2, -0.15) is 0 Å². The maximum Gasteiger partial charge on any atom is 0.191 e. The summed E-state index contributed by atoms with van der Waals surface area (Å²) in [4.78, 5) is 7.49.